The smallest absolute Gasteiger partial charge is 0.273 e. The number of hydrogen-bond acceptors (Lipinski definition) is 5. The fourth-order valence-corrected chi connectivity index (χ4v) is 3.82. The van der Waals surface area contributed by atoms with Crippen molar-refractivity contribution in [3.8, 4) is 22.8 Å². The van der Waals surface area contributed by atoms with E-state index in [-0.39, 0.29) is 5.91 Å². The molecule has 0 atom stereocenters. The summed E-state index contributed by atoms with van der Waals surface area (Å²) < 4.78 is 10.6. The first-order valence-corrected chi connectivity index (χ1v) is 9.61. The van der Waals surface area contributed by atoms with E-state index in [0.717, 1.165) is 16.5 Å². The fourth-order valence-electron chi connectivity index (χ4n) is 2.88. The fraction of sp³-hybridized carbons (Fsp3) is 0.100. The van der Waals surface area contributed by atoms with Crippen LogP contribution in [0.5, 0.6) is 11.5 Å². The number of para-hydroxylation sites is 1. The first-order valence-electron chi connectivity index (χ1n) is 8.35. The van der Waals surface area contributed by atoms with E-state index < -0.39 is 0 Å². The molecule has 0 radical (unpaired) electrons. The van der Waals surface area contributed by atoms with Crippen molar-refractivity contribution in [2.45, 2.75) is 0 Å². The number of aromatic nitrogens is 2. The molecule has 0 saturated carbocycles. The van der Waals surface area contributed by atoms with E-state index in [0.29, 0.717) is 33.0 Å². The van der Waals surface area contributed by atoms with E-state index in [1.165, 1.54) is 11.3 Å². The third-order valence-electron chi connectivity index (χ3n) is 4.25. The first-order chi connectivity index (χ1) is 13.6. The number of halogens is 1. The zero-order valence-electron chi connectivity index (χ0n) is 15.1. The molecule has 0 aliphatic heterocycles. The molecule has 6 nitrogen and oxygen atoms in total. The molecule has 0 spiro atoms. The van der Waals surface area contributed by atoms with Gasteiger partial charge in [0.1, 0.15) is 17.2 Å². The van der Waals surface area contributed by atoms with Gasteiger partial charge in [-0.05, 0) is 18.2 Å². The number of anilines is 1. The number of methoxy groups -OCH3 is 2. The number of ether oxygens (including phenoxy) is 2. The van der Waals surface area contributed by atoms with Crippen LogP contribution in [-0.2, 0) is 0 Å². The Morgan fingerprint density at radius 1 is 1.14 bits per heavy atom. The summed E-state index contributed by atoms with van der Waals surface area (Å²) in [6, 6.07) is 13.0. The molecule has 2 aromatic heterocycles. The molecule has 0 aliphatic carbocycles. The molecule has 142 valence electrons. The molecule has 4 rings (SSSR count). The summed E-state index contributed by atoms with van der Waals surface area (Å²) >= 11 is 7.56. The Kier molecular flexibility index (Phi) is 4.93. The second-order valence-electron chi connectivity index (χ2n) is 5.95. The van der Waals surface area contributed by atoms with Crippen LogP contribution in [0.2, 0.25) is 5.02 Å². The number of carbonyl (C=O) groups excluding carboxylic acids is 1. The number of amides is 1. The largest absolute Gasteiger partial charge is 0.496 e. The van der Waals surface area contributed by atoms with Crippen LogP contribution in [-0.4, -0.2) is 30.1 Å². The maximum atomic E-state index is 12.6. The molecular weight excluding hydrogens is 398 g/mol. The molecule has 2 N–H and O–H groups in total. The Balaban J connectivity index is 1.59. The monoisotopic (exact) mass is 413 g/mol. The third-order valence-corrected chi connectivity index (χ3v) is 5.30. The molecule has 8 heteroatoms. The number of benzene rings is 2. The van der Waals surface area contributed by atoms with Crippen LogP contribution < -0.4 is 14.8 Å². The third kappa shape index (κ3) is 3.42. The first kappa shape index (κ1) is 18.3. The van der Waals surface area contributed by atoms with Crippen molar-refractivity contribution in [3.05, 3.63) is 58.6 Å². The Bertz CT molecular complexity index is 1140. The van der Waals surface area contributed by atoms with Crippen LogP contribution in [0.3, 0.4) is 0 Å². The number of rotatable bonds is 5. The molecule has 4 aromatic rings. The molecule has 0 saturated heterocycles. The number of carbonyl (C=O) groups is 1. The number of nitrogens with one attached hydrogen (secondary N) is 2. The summed E-state index contributed by atoms with van der Waals surface area (Å²) in [6.07, 6.45) is 0. The van der Waals surface area contributed by atoms with Crippen LogP contribution in [0.4, 0.5) is 5.13 Å². The van der Waals surface area contributed by atoms with Crippen LogP contribution in [0.15, 0.2) is 47.8 Å². The quantitative estimate of drug-likeness (QED) is 0.470. The molecule has 0 aliphatic rings. The van der Waals surface area contributed by atoms with Gasteiger partial charge in [-0.25, -0.2) is 4.98 Å². The van der Waals surface area contributed by atoms with Gasteiger partial charge in [0.2, 0.25) is 0 Å². The molecule has 0 bridgehead atoms. The number of thiazole rings is 1. The Hall–Kier alpha value is -3.03. The summed E-state index contributed by atoms with van der Waals surface area (Å²) in [5, 5.41) is 6.57. The van der Waals surface area contributed by atoms with E-state index in [4.69, 9.17) is 21.1 Å². The van der Waals surface area contributed by atoms with Crippen molar-refractivity contribution in [2.24, 2.45) is 0 Å². The van der Waals surface area contributed by atoms with Gasteiger partial charge in [0.25, 0.3) is 5.91 Å². The average molecular weight is 414 g/mol. The van der Waals surface area contributed by atoms with Gasteiger partial charge < -0.3 is 14.5 Å². The van der Waals surface area contributed by atoms with E-state index >= 15 is 0 Å². The predicted octanol–water partition coefficient (Wildman–Crippen LogP) is 5.21. The minimum absolute atomic E-state index is 0.253. The second kappa shape index (κ2) is 7.53. The predicted molar refractivity (Wildman–Crippen MR) is 112 cm³/mol. The minimum atomic E-state index is -0.253. The zero-order valence-corrected chi connectivity index (χ0v) is 16.6. The Morgan fingerprint density at radius 3 is 2.68 bits per heavy atom. The second-order valence-corrected chi connectivity index (χ2v) is 7.21. The van der Waals surface area contributed by atoms with Crippen molar-refractivity contribution in [3.63, 3.8) is 0 Å². The highest BCUT2D eigenvalue weighted by molar-refractivity contribution is 7.14. The van der Waals surface area contributed by atoms with Crippen molar-refractivity contribution in [1.82, 2.24) is 9.97 Å². The van der Waals surface area contributed by atoms with Crippen LogP contribution in [0, 0.1) is 0 Å². The normalized spacial score (nSPS) is 10.8. The average Bonchev–Trinajstić information content (AvgIpc) is 3.34. The topological polar surface area (TPSA) is 76.2 Å². The molecule has 28 heavy (non-hydrogen) atoms. The molecular formula is C20H16ClN3O3S. The lowest BCUT2D eigenvalue weighted by atomic mass is 10.1. The Labute approximate surface area is 170 Å². The lowest BCUT2D eigenvalue weighted by molar-refractivity contribution is 0.102. The van der Waals surface area contributed by atoms with Gasteiger partial charge in [-0.3, -0.25) is 10.1 Å². The summed E-state index contributed by atoms with van der Waals surface area (Å²) in [4.78, 5) is 20.2. The van der Waals surface area contributed by atoms with Gasteiger partial charge in [0.05, 0.1) is 24.9 Å². The lowest BCUT2D eigenvalue weighted by Crippen LogP contribution is -2.11. The summed E-state index contributed by atoms with van der Waals surface area (Å²) in [5.74, 6) is 0.849. The number of hydrogen-bond donors (Lipinski definition) is 2. The van der Waals surface area contributed by atoms with Crippen molar-refractivity contribution < 1.29 is 14.3 Å². The van der Waals surface area contributed by atoms with E-state index in [1.807, 2.05) is 35.7 Å². The minimum Gasteiger partial charge on any atom is -0.496 e. The van der Waals surface area contributed by atoms with Gasteiger partial charge >= 0.3 is 0 Å². The number of aromatic amines is 1. The molecule has 2 aromatic carbocycles. The summed E-state index contributed by atoms with van der Waals surface area (Å²) in [7, 11) is 3.11. The molecule has 2 heterocycles. The van der Waals surface area contributed by atoms with Gasteiger partial charge in [0, 0.05) is 27.9 Å². The Morgan fingerprint density at radius 2 is 1.93 bits per heavy atom. The maximum absolute atomic E-state index is 12.6. The maximum Gasteiger partial charge on any atom is 0.273 e. The van der Waals surface area contributed by atoms with Gasteiger partial charge in [0.15, 0.2) is 5.13 Å². The molecule has 0 fully saturated rings. The lowest BCUT2D eigenvalue weighted by Gasteiger charge is -2.10. The van der Waals surface area contributed by atoms with E-state index in [9.17, 15) is 4.79 Å². The number of H-pyrrole nitrogens is 1. The van der Waals surface area contributed by atoms with Crippen molar-refractivity contribution >= 4 is 44.9 Å². The van der Waals surface area contributed by atoms with Crippen LogP contribution >= 0.6 is 22.9 Å². The molecule has 1 amide bonds. The van der Waals surface area contributed by atoms with Gasteiger partial charge in [-0.1, -0.05) is 29.8 Å². The van der Waals surface area contributed by atoms with Crippen LogP contribution in [0.25, 0.3) is 22.2 Å². The van der Waals surface area contributed by atoms with Crippen molar-refractivity contribution in [1.29, 1.82) is 0 Å². The van der Waals surface area contributed by atoms with E-state index in [1.54, 1.807) is 26.4 Å². The van der Waals surface area contributed by atoms with Gasteiger partial charge in [-0.2, -0.15) is 0 Å². The van der Waals surface area contributed by atoms with E-state index in [2.05, 4.69) is 15.3 Å². The SMILES string of the molecule is COc1cc(OC)c(-c2csc(NC(=O)c3cc4ccccc4[nH]3)n2)cc1Cl. The molecule has 0 unspecified atom stereocenters. The zero-order chi connectivity index (χ0) is 19.7. The summed E-state index contributed by atoms with van der Waals surface area (Å²) in [5.41, 5.74) is 2.75. The van der Waals surface area contributed by atoms with Gasteiger partial charge in [-0.15, -0.1) is 11.3 Å². The summed E-state index contributed by atoms with van der Waals surface area (Å²) in [6.45, 7) is 0. The van der Waals surface area contributed by atoms with Crippen molar-refractivity contribution in [2.75, 3.05) is 19.5 Å². The number of nitrogens with zero attached hydrogens (tertiary/aromatic N) is 1. The highest BCUT2D eigenvalue weighted by Gasteiger charge is 2.16. The highest BCUT2D eigenvalue weighted by Crippen LogP contribution is 2.39. The number of fused-ring (bicyclic) bond motifs is 1. The van der Waals surface area contributed by atoms with Crippen LogP contribution in [0.1, 0.15) is 10.5 Å². The highest BCUT2D eigenvalue weighted by atomic mass is 35.5. The standard InChI is InChI=1S/C20H16ClN3O3S/c1-26-17-9-18(27-2)13(21)8-12(17)16-10-28-20(23-16)24-19(25)15-7-11-5-3-4-6-14(11)22-15/h3-10,22H,1-2H3,(H,23,24,25).